The zero-order valence-electron chi connectivity index (χ0n) is 10.0. The third-order valence-electron chi connectivity index (χ3n) is 3.64. The molecule has 3 heteroatoms. The first-order valence-electron chi connectivity index (χ1n) is 6.19. The van der Waals surface area contributed by atoms with Gasteiger partial charge in [0.2, 0.25) is 0 Å². The monoisotopic (exact) mass is 302 g/mol. The minimum atomic E-state index is -0.000990. The molecule has 1 aliphatic rings. The van der Waals surface area contributed by atoms with Crippen LogP contribution < -0.4 is 5.73 Å². The number of hydrogen-bond acceptors (Lipinski definition) is 2. The maximum atomic E-state index is 6.27. The smallest absolute Gasteiger partial charge is 0.0712 e. The van der Waals surface area contributed by atoms with Gasteiger partial charge >= 0.3 is 0 Å². The fourth-order valence-corrected chi connectivity index (χ4v) is 3.21. The van der Waals surface area contributed by atoms with E-state index >= 15 is 0 Å². The molecule has 0 saturated carbocycles. The maximum absolute atomic E-state index is 6.27. The standard InChI is InChI=1S/C15H15BrN2/c16-13-6-3-7-18-15(13)14(17)9-11-8-10-4-1-2-5-12(10)11/h1-7,11,14H,8-9,17H2. The van der Waals surface area contributed by atoms with Gasteiger partial charge in [0.15, 0.2) is 0 Å². The zero-order valence-corrected chi connectivity index (χ0v) is 11.6. The van der Waals surface area contributed by atoms with Crippen molar-refractivity contribution in [3.05, 3.63) is 63.9 Å². The number of benzene rings is 1. The van der Waals surface area contributed by atoms with Crippen LogP contribution in [0.1, 0.15) is 35.2 Å². The fraction of sp³-hybridized carbons (Fsp3) is 0.267. The highest BCUT2D eigenvalue weighted by atomic mass is 79.9. The number of hydrogen-bond donors (Lipinski definition) is 1. The second-order valence-electron chi connectivity index (χ2n) is 4.81. The molecular weight excluding hydrogens is 288 g/mol. The predicted molar refractivity (Wildman–Crippen MR) is 76.4 cm³/mol. The van der Waals surface area contributed by atoms with Crippen LogP contribution in [0.15, 0.2) is 47.1 Å². The lowest BCUT2D eigenvalue weighted by Crippen LogP contribution is -2.23. The first kappa shape index (κ1) is 11.9. The second kappa shape index (κ2) is 4.82. The molecule has 2 aromatic rings. The fourth-order valence-electron chi connectivity index (χ4n) is 2.66. The molecule has 92 valence electrons. The Bertz CT molecular complexity index is 568. The molecule has 0 spiro atoms. The quantitative estimate of drug-likeness (QED) is 0.941. The molecule has 0 aliphatic heterocycles. The second-order valence-corrected chi connectivity index (χ2v) is 5.67. The van der Waals surface area contributed by atoms with E-state index in [1.54, 1.807) is 6.20 Å². The highest BCUT2D eigenvalue weighted by Gasteiger charge is 2.28. The van der Waals surface area contributed by atoms with E-state index in [1.165, 1.54) is 11.1 Å². The number of halogens is 1. The molecule has 1 aliphatic carbocycles. The van der Waals surface area contributed by atoms with Gasteiger partial charge in [-0.1, -0.05) is 24.3 Å². The Morgan fingerprint density at radius 3 is 2.89 bits per heavy atom. The third kappa shape index (κ3) is 2.08. The number of fused-ring (bicyclic) bond motifs is 1. The molecule has 0 bridgehead atoms. The van der Waals surface area contributed by atoms with E-state index < -0.39 is 0 Å². The maximum Gasteiger partial charge on any atom is 0.0712 e. The average Bonchev–Trinajstić information content (AvgIpc) is 2.36. The molecule has 2 unspecified atom stereocenters. The van der Waals surface area contributed by atoms with Gasteiger partial charge in [-0.05, 0) is 57.9 Å². The van der Waals surface area contributed by atoms with E-state index in [0.717, 1.165) is 23.0 Å². The highest BCUT2D eigenvalue weighted by molar-refractivity contribution is 9.10. The lowest BCUT2D eigenvalue weighted by Gasteiger charge is -2.32. The summed E-state index contributed by atoms with van der Waals surface area (Å²) >= 11 is 3.52. The van der Waals surface area contributed by atoms with Gasteiger partial charge < -0.3 is 5.73 Å². The largest absolute Gasteiger partial charge is 0.323 e. The Morgan fingerprint density at radius 1 is 1.28 bits per heavy atom. The number of rotatable bonds is 3. The molecule has 1 heterocycles. The normalized spacial score (nSPS) is 18.9. The van der Waals surface area contributed by atoms with Crippen LogP contribution in [0, 0.1) is 0 Å². The summed E-state index contributed by atoms with van der Waals surface area (Å²) < 4.78 is 1.00. The Balaban J connectivity index is 1.74. The molecule has 0 fully saturated rings. The van der Waals surface area contributed by atoms with Gasteiger partial charge in [0.1, 0.15) is 0 Å². The van der Waals surface area contributed by atoms with Crippen molar-refractivity contribution in [1.29, 1.82) is 0 Å². The van der Waals surface area contributed by atoms with Crippen LogP contribution in [0.2, 0.25) is 0 Å². The van der Waals surface area contributed by atoms with Gasteiger partial charge in [0.25, 0.3) is 0 Å². The highest BCUT2D eigenvalue weighted by Crippen LogP contribution is 2.40. The van der Waals surface area contributed by atoms with Crippen molar-refractivity contribution in [2.45, 2.75) is 24.8 Å². The molecule has 0 saturated heterocycles. The van der Waals surface area contributed by atoms with E-state index in [-0.39, 0.29) is 6.04 Å². The number of pyridine rings is 1. The third-order valence-corrected chi connectivity index (χ3v) is 4.31. The summed E-state index contributed by atoms with van der Waals surface area (Å²) in [4.78, 5) is 4.37. The molecule has 0 amide bonds. The Morgan fingerprint density at radius 2 is 2.11 bits per heavy atom. The summed E-state index contributed by atoms with van der Waals surface area (Å²) in [5, 5.41) is 0. The van der Waals surface area contributed by atoms with Crippen molar-refractivity contribution in [3.63, 3.8) is 0 Å². The first-order chi connectivity index (χ1) is 8.75. The van der Waals surface area contributed by atoms with Crippen LogP contribution >= 0.6 is 15.9 Å². The molecule has 2 N–H and O–H groups in total. The SMILES string of the molecule is NC(CC1Cc2ccccc21)c1ncccc1Br. The van der Waals surface area contributed by atoms with Gasteiger partial charge in [0, 0.05) is 16.7 Å². The van der Waals surface area contributed by atoms with E-state index in [9.17, 15) is 0 Å². The van der Waals surface area contributed by atoms with Crippen LogP contribution in [0.25, 0.3) is 0 Å². The van der Waals surface area contributed by atoms with Gasteiger partial charge in [-0.25, -0.2) is 0 Å². The molecule has 1 aromatic heterocycles. The molecule has 3 rings (SSSR count). The average molecular weight is 303 g/mol. The Kier molecular flexibility index (Phi) is 3.18. The lowest BCUT2D eigenvalue weighted by atomic mass is 9.74. The molecule has 0 radical (unpaired) electrons. The molecule has 2 nitrogen and oxygen atoms in total. The van der Waals surface area contributed by atoms with Crippen molar-refractivity contribution in [1.82, 2.24) is 4.98 Å². The number of nitrogens with two attached hydrogens (primary N) is 1. The van der Waals surface area contributed by atoms with Gasteiger partial charge in [-0.15, -0.1) is 0 Å². The first-order valence-corrected chi connectivity index (χ1v) is 6.99. The van der Waals surface area contributed by atoms with E-state index in [2.05, 4.69) is 45.2 Å². The van der Waals surface area contributed by atoms with Crippen LogP contribution in [0.3, 0.4) is 0 Å². The topological polar surface area (TPSA) is 38.9 Å². The summed E-state index contributed by atoms with van der Waals surface area (Å²) in [7, 11) is 0. The number of aromatic nitrogens is 1. The zero-order chi connectivity index (χ0) is 12.5. The summed E-state index contributed by atoms with van der Waals surface area (Å²) in [5.74, 6) is 0.588. The summed E-state index contributed by atoms with van der Waals surface area (Å²) in [6.45, 7) is 0. The number of nitrogens with zero attached hydrogens (tertiary/aromatic N) is 1. The van der Waals surface area contributed by atoms with Crippen molar-refractivity contribution in [2.24, 2.45) is 5.73 Å². The Labute approximate surface area is 115 Å². The van der Waals surface area contributed by atoms with Gasteiger partial charge in [0.05, 0.1) is 5.69 Å². The van der Waals surface area contributed by atoms with Gasteiger partial charge in [-0.3, -0.25) is 4.98 Å². The Hall–Kier alpha value is -1.19. The minimum absolute atomic E-state index is 0.000990. The van der Waals surface area contributed by atoms with Gasteiger partial charge in [-0.2, -0.15) is 0 Å². The van der Waals surface area contributed by atoms with Crippen LogP contribution in [0.4, 0.5) is 0 Å². The molecule has 18 heavy (non-hydrogen) atoms. The molecular formula is C15H15BrN2. The predicted octanol–water partition coefficient (Wildman–Crippen LogP) is 3.57. The van der Waals surface area contributed by atoms with Crippen LogP contribution in [0.5, 0.6) is 0 Å². The summed E-state index contributed by atoms with van der Waals surface area (Å²) in [5.41, 5.74) is 10.2. The minimum Gasteiger partial charge on any atom is -0.323 e. The lowest BCUT2D eigenvalue weighted by molar-refractivity contribution is 0.491. The van der Waals surface area contributed by atoms with Crippen molar-refractivity contribution in [3.8, 4) is 0 Å². The molecule has 1 aromatic carbocycles. The van der Waals surface area contributed by atoms with E-state index in [0.29, 0.717) is 5.92 Å². The van der Waals surface area contributed by atoms with E-state index in [1.807, 2.05) is 12.1 Å². The summed E-state index contributed by atoms with van der Waals surface area (Å²) in [6, 6.07) is 12.5. The van der Waals surface area contributed by atoms with E-state index in [4.69, 9.17) is 5.73 Å². The van der Waals surface area contributed by atoms with Crippen molar-refractivity contribution in [2.75, 3.05) is 0 Å². The van der Waals surface area contributed by atoms with Crippen molar-refractivity contribution < 1.29 is 0 Å². The molecule has 2 atom stereocenters. The van der Waals surface area contributed by atoms with Crippen molar-refractivity contribution >= 4 is 15.9 Å². The summed E-state index contributed by atoms with van der Waals surface area (Å²) in [6.07, 6.45) is 3.91. The van der Waals surface area contributed by atoms with Crippen LogP contribution in [-0.2, 0) is 6.42 Å². The van der Waals surface area contributed by atoms with Crippen LogP contribution in [-0.4, -0.2) is 4.98 Å².